The third kappa shape index (κ3) is 3.19. The second kappa shape index (κ2) is 6.74. The van der Waals surface area contributed by atoms with Gasteiger partial charge in [-0.2, -0.15) is 0 Å². The van der Waals surface area contributed by atoms with Gasteiger partial charge in [-0.1, -0.05) is 42.5 Å². The Morgan fingerprint density at radius 2 is 1.89 bits per heavy atom. The first kappa shape index (κ1) is 16.4. The van der Waals surface area contributed by atoms with Crippen molar-refractivity contribution in [1.29, 1.82) is 0 Å². The SMILES string of the molecule is O=C1C[C@@H]2CN(Cc3cnc(-c4cccc5ccccc45)nc3)CC[C@@H]2N1. The first-order valence-electron chi connectivity index (χ1n) is 9.57. The quantitative estimate of drug-likeness (QED) is 0.782. The molecule has 1 N–H and O–H groups in total. The van der Waals surface area contributed by atoms with Crippen LogP contribution < -0.4 is 5.32 Å². The Hall–Kier alpha value is -2.79. The fourth-order valence-electron chi connectivity index (χ4n) is 4.41. The summed E-state index contributed by atoms with van der Waals surface area (Å²) in [5.74, 6) is 1.41. The monoisotopic (exact) mass is 358 g/mol. The number of carbonyl (C=O) groups is 1. The van der Waals surface area contributed by atoms with E-state index in [0.717, 1.165) is 43.0 Å². The van der Waals surface area contributed by atoms with Gasteiger partial charge >= 0.3 is 0 Å². The molecule has 27 heavy (non-hydrogen) atoms. The molecule has 3 heterocycles. The summed E-state index contributed by atoms with van der Waals surface area (Å²) in [6.45, 7) is 2.81. The van der Waals surface area contributed by atoms with E-state index in [-0.39, 0.29) is 5.91 Å². The number of aromatic nitrogens is 2. The van der Waals surface area contributed by atoms with Gasteiger partial charge in [-0.05, 0) is 17.2 Å². The molecular formula is C22H22N4O. The summed E-state index contributed by atoms with van der Waals surface area (Å²) in [6, 6.07) is 14.9. The lowest BCUT2D eigenvalue weighted by Crippen LogP contribution is -2.44. The Morgan fingerprint density at radius 1 is 1.07 bits per heavy atom. The van der Waals surface area contributed by atoms with Crippen LogP contribution in [0.15, 0.2) is 54.9 Å². The number of hydrogen-bond donors (Lipinski definition) is 1. The molecule has 0 aliphatic carbocycles. The zero-order chi connectivity index (χ0) is 18.2. The summed E-state index contributed by atoms with van der Waals surface area (Å²) in [4.78, 5) is 23.3. The van der Waals surface area contributed by atoms with Crippen molar-refractivity contribution in [2.45, 2.75) is 25.4 Å². The molecule has 0 unspecified atom stereocenters. The van der Waals surface area contributed by atoms with E-state index < -0.39 is 0 Å². The number of amides is 1. The van der Waals surface area contributed by atoms with Crippen molar-refractivity contribution in [3.05, 3.63) is 60.4 Å². The van der Waals surface area contributed by atoms with E-state index in [4.69, 9.17) is 0 Å². The van der Waals surface area contributed by atoms with Crippen molar-refractivity contribution in [1.82, 2.24) is 20.2 Å². The minimum Gasteiger partial charge on any atom is -0.353 e. The topological polar surface area (TPSA) is 58.1 Å². The van der Waals surface area contributed by atoms with E-state index >= 15 is 0 Å². The van der Waals surface area contributed by atoms with Gasteiger partial charge in [0.05, 0.1) is 0 Å². The van der Waals surface area contributed by atoms with Crippen LogP contribution in [0, 0.1) is 5.92 Å². The van der Waals surface area contributed by atoms with Gasteiger partial charge in [-0.25, -0.2) is 9.97 Å². The molecular weight excluding hydrogens is 336 g/mol. The van der Waals surface area contributed by atoms with Crippen molar-refractivity contribution < 1.29 is 4.79 Å². The van der Waals surface area contributed by atoms with Crippen molar-refractivity contribution in [3.8, 4) is 11.4 Å². The molecule has 2 aliphatic rings. The highest BCUT2D eigenvalue weighted by molar-refractivity contribution is 5.94. The zero-order valence-electron chi connectivity index (χ0n) is 15.1. The summed E-state index contributed by atoms with van der Waals surface area (Å²) in [6.07, 6.45) is 5.57. The van der Waals surface area contributed by atoms with Crippen LogP contribution >= 0.6 is 0 Å². The van der Waals surface area contributed by atoms with Gasteiger partial charge in [-0.3, -0.25) is 9.69 Å². The molecule has 2 aromatic carbocycles. The molecule has 2 atom stereocenters. The normalized spacial score (nSPS) is 22.6. The van der Waals surface area contributed by atoms with Crippen molar-refractivity contribution in [2.24, 2.45) is 5.92 Å². The highest BCUT2D eigenvalue weighted by atomic mass is 16.2. The van der Waals surface area contributed by atoms with Crippen LogP contribution in [0.5, 0.6) is 0 Å². The van der Waals surface area contributed by atoms with E-state index in [1.807, 2.05) is 24.5 Å². The maximum absolute atomic E-state index is 11.6. The maximum Gasteiger partial charge on any atom is 0.220 e. The molecule has 2 fully saturated rings. The average molecular weight is 358 g/mol. The third-order valence-corrected chi connectivity index (χ3v) is 5.75. The summed E-state index contributed by atoms with van der Waals surface area (Å²) >= 11 is 0. The number of carbonyl (C=O) groups excluding carboxylic acids is 1. The Morgan fingerprint density at radius 3 is 2.78 bits per heavy atom. The van der Waals surface area contributed by atoms with Gasteiger partial charge in [0.15, 0.2) is 5.82 Å². The van der Waals surface area contributed by atoms with Gasteiger partial charge in [0.2, 0.25) is 5.91 Å². The van der Waals surface area contributed by atoms with Crippen molar-refractivity contribution in [2.75, 3.05) is 13.1 Å². The van der Waals surface area contributed by atoms with Crippen LogP contribution in [0.1, 0.15) is 18.4 Å². The standard InChI is InChI=1S/C22H22N4O/c27-21-10-17-14-26(9-8-20(17)25-21)13-15-11-23-22(24-12-15)19-7-3-5-16-4-1-2-6-18(16)19/h1-7,11-12,17,20H,8-10,13-14H2,(H,25,27)/t17-,20+/m1/s1. The molecule has 5 heteroatoms. The predicted molar refractivity (Wildman–Crippen MR) is 105 cm³/mol. The van der Waals surface area contributed by atoms with E-state index in [1.165, 1.54) is 10.8 Å². The van der Waals surface area contributed by atoms with Gasteiger partial charge in [-0.15, -0.1) is 0 Å². The smallest absolute Gasteiger partial charge is 0.220 e. The fraction of sp³-hybridized carbons (Fsp3) is 0.318. The molecule has 0 spiro atoms. The van der Waals surface area contributed by atoms with Gasteiger partial charge < -0.3 is 5.32 Å². The van der Waals surface area contributed by atoms with Gasteiger partial charge in [0.1, 0.15) is 0 Å². The molecule has 3 aromatic rings. The molecule has 2 aliphatic heterocycles. The van der Waals surface area contributed by atoms with E-state index in [9.17, 15) is 4.79 Å². The minimum absolute atomic E-state index is 0.203. The van der Waals surface area contributed by atoms with Crippen molar-refractivity contribution in [3.63, 3.8) is 0 Å². The Labute approximate surface area is 158 Å². The second-order valence-corrected chi connectivity index (χ2v) is 7.60. The van der Waals surface area contributed by atoms with E-state index in [1.54, 1.807) is 0 Å². The van der Waals surface area contributed by atoms with Crippen LogP contribution in [0.2, 0.25) is 0 Å². The Bertz CT molecular complexity index is 980. The van der Waals surface area contributed by atoms with Crippen LogP contribution in [0.3, 0.4) is 0 Å². The van der Waals surface area contributed by atoms with Crippen LogP contribution in [0.4, 0.5) is 0 Å². The number of nitrogens with one attached hydrogen (secondary N) is 1. The molecule has 5 nitrogen and oxygen atoms in total. The molecule has 0 bridgehead atoms. The lowest BCUT2D eigenvalue weighted by molar-refractivity contribution is -0.119. The molecule has 5 rings (SSSR count). The first-order chi connectivity index (χ1) is 13.3. The number of rotatable bonds is 3. The lowest BCUT2D eigenvalue weighted by Gasteiger charge is -2.34. The largest absolute Gasteiger partial charge is 0.353 e. The van der Waals surface area contributed by atoms with Gasteiger partial charge in [0.25, 0.3) is 0 Å². The second-order valence-electron chi connectivity index (χ2n) is 7.60. The average Bonchev–Trinajstić information content (AvgIpc) is 3.07. The van der Waals surface area contributed by atoms with Crippen LogP contribution in [-0.4, -0.2) is 39.9 Å². The number of benzene rings is 2. The maximum atomic E-state index is 11.6. The lowest BCUT2D eigenvalue weighted by atomic mass is 9.93. The number of hydrogen-bond acceptors (Lipinski definition) is 4. The highest BCUT2D eigenvalue weighted by Crippen LogP contribution is 2.27. The van der Waals surface area contributed by atoms with Crippen molar-refractivity contribution >= 4 is 16.7 Å². The molecule has 0 saturated carbocycles. The third-order valence-electron chi connectivity index (χ3n) is 5.75. The summed E-state index contributed by atoms with van der Waals surface area (Å²) < 4.78 is 0. The Kier molecular flexibility index (Phi) is 4.09. The number of piperidine rings is 1. The number of fused-ring (bicyclic) bond motifs is 2. The van der Waals surface area contributed by atoms with Gasteiger partial charge in [0, 0.05) is 61.5 Å². The molecule has 136 valence electrons. The summed E-state index contributed by atoms with van der Waals surface area (Å²) in [5.41, 5.74) is 2.19. The highest BCUT2D eigenvalue weighted by Gasteiger charge is 2.36. The molecule has 1 amide bonds. The first-order valence-corrected chi connectivity index (χ1v) is 9.57. The number of likely N-dealkylation sites (tertiary alicyclic amines) is 1. The summed E-state index contributed by atoms with van der Waals surface area (Å²) in [7, 11) is 0. The molecule has 0 radical (unpaired) electrons. The van der Waals surface area contributed by atoms with E-state index in [2.05, 4.69) is 50.5 Å². The Balaban J connectivity index is 1.33. The van der Waals surface area contributed by atoms with E-state index in [0.29, 0.717) is 18.4 Å². The fourth-order valence-corrected chi connectivity index (χ4v) is 4.41. The predicted octanol–water partition coefficient (Wildman–Crippen LogP) is 3.01. The van der Waals surface area contributed by atoms with Crippen LogP contribution in [0.25, 0.3) is 22.2 Å². The zero-order valence-corrected chi connectivity index (χ0v) is 15.1. The molecule has 2 saturated heterocycles. The minimum atomic E-state index is 0.203. The van der Waals surface area contributed by atoms with Crippen LogP contribution in [-0.2, 0) is 11.3 Å². The summed E-state index contributed by atoms with van der Waals surface area (Å²) in [5, 5.41) is 5.46. The number of nitrogens with zero attached hydrogens (tertiary/aromatic N) is 3. The molecule has 1 aromatic heterocycles.